The highest BCUT2D eigenvalue weighted by Crippen LogP contribution is 2.40. The Hall–Kier alpha value is -4.29. The van der Waals surface area contributed by atoms with Crippen LogP contribution in [0.4, 0.5) is 4.79 Å². The second-order valence-corrected chi connectivity index (χ2v) is 13.8. The summed E-state index contributed by atoms with van der Waals surface area (Å²) < 4.78 is 18.2. The molecule has 274 valence electrons. The Bertz CT molecular complexity index is 1800. The lowest BCUT2D eigenvalue weighted by Gasteiger charge is -2.42. The molecule has 0 bridgehead atoms. The van der Waals surface area contributed by atoms with Crippen molar-refractivity contribution in [3.05, 3.63) is 130 Å². The third-order valence-electron chi connectivity index (χ3n) is 9.71. The number of urea groups is 1. The van der Waals surface area contributed by atoms with E-state index in [9.17, 15) is 19.8 Å². The third-order valence-corrected chi connectivity index (χ3v) is 9.96. The zero-order valence-electron chi connectivity index (χ0n) is 29.3. The molecule has 4 aromatic carbocycles. The minimum Gasteiger partial charge on any atom is -0.465 e. The van der Waals surface area contributed by atoms with Crippen molar-refractivity contribution in [2.75, 3.05) is 32.8 Å². The largest absolute Gasteiger partial charge is 0.465 e. The molecule has 0 aromatic heterocycles. The van der Waals surface area contributed by atoms with Crippen LogP contribution in [0.5, 0.6) is 0 Å². The minimum absolute atomic E-state index is 0.0236. The van der Waals surface area contributed by atoms with Gasteiger partial charge in [-0.3, -0.25) is 4.79 Å². The van der Waals surface area contributed by atoms with Crippen molar-refractivity contribution in [3.8, 4) is 11.1 Å². The van der Waals surface area contributed by atoms with Gasteiger partial charge in [0.2, 0.25) is 0 Å². The van der Waals surface area contributed by atoms with Crippen LogP contribution in [0.1, 0.15) is 66.4 Å². The molecule has 3 unspecified atom stereocenters. The SMILES string of the molecule is CCOC(=O)CNC(=O)NCc1cccc(-c2cccc(C3OC(CN4CCC(O)(c5ccc(Cl)cc5)CC4)CC(c4ccc(CO)cc4)O3)c2)c1. The van der Waals surface area contributed by atoms with Gasteiger partial charge >= 0.3 is 12.0 Å². The normalized spacial score (nSPS) is 20.2. The topological polar surface area (TPSA) is 130 Å². The molecule has 52 heavy (non-hydrogen) atoms. The molecule has 2 heterocycles. The van der Waals surface area contributed by atoms with Gasteiger partial charge in [0.25, 0.3) is 0 Å². The van der Waals surface area contributed by atoms with Crippen molar-refractivity contribution in [3.63, 3.8) is 0 Å². The Morgan fingerprint density at radius 3 is 2.31 bits per heavy atom. The van der Waals surface area contributed by atoms with Crippen LogP contribution in [0.2, 0.25) is 5.02 Å². The molecule has 2 aliphatic heterocycles. The summed E-state index contributed by atoms with van der Waals surface area (Å²) in [6, 6.07) is 30.9. The van der Waals surface area contributed by atoms with Crippen LogP contribution < -0.4 is 10.6 Å². The number of amides is 2. The van der Waals surface area contributed by atoms with E-state index in [0.717, 1.165) is 52.0 Å². The highest BCUT2D eigenvalue weighted by molar-refractivity contribution is 6.30. The van der Waals surface area contributed by atoms with E-state index in [0.29, 0.717) is 30.8 Å². The molecule has 4 N–H and O–H groups in total. The molecule has 0 radical (unpaired) electrons. The smallest absolute Gasteiger partial charge is 0.325 e. The van der Waals surface area contributed by atoms with Gasteiger partial charge in [-0.25, -0.2) is 4.79 Å². The van der Waals surface area contributed by atoms with Gasteiger partial charge in [-0.2, -0.15) is 0 Å². The van der Waals surface area contributed by atoms with Gasteiger partial charge in [0.15, 0.2) is 6.29 Å². The molecule has 0 aliphatic carbocycles. The van der Waals surface area contributed by atoms with Gasteiger partial charge in [0, 0.05) is 43.2 Å². The summed E-state index contributed by atoms with van der Waals surface area (Å²) in [4.78, 5) is 26.1. The quantitative estimate of drug-likeness (QED) is 0.124. The summed E-state index contributed by atoms with van der Waals surface area (Å²) in [6.45, 7) is 4.19. The van der Waals surface area contributed by atoms with Crippen molar-refractivity contribution >= 4 is 23.6 Å². The molecule has 2 saturated heterocycles. The summed E-state index contributed by atoms with van der Waals surface area (Å²) in [5.41, 5.74) is 5.60. The number of ether oxygens (including phenoxy) is 3. The van der Waals surface area contributed by atoms with Crippen molar-refractivity contribution in [2.24, 2.45) is 0 Å². The first-order valence-electron chi connectivity index (χ1n) is 17.8. The fourth-order valence-corrected chi connectivity index (χ4v) is 6.94. The number of benzene rings is 4. The first-order valence-corrected chi connectivity index (χ1v) is 18.2. The molecule has 10 nitrogen and oxygen atoms in total. The van der Waals surface area contributed by atoms with Gasteiger partial charge < -0.3 is 40.0 Å². The van der Waals surface area contributed by atoms with Crippen molar-refractivity contribution in [1.29, 1.82) is 0 Å². The maximum Gasteiger partial charge on any atom is 0.325 e. The van der Waals surface area contributed by atoms with Gasteiger partial charge in [-0.1, -0.05) is 84.4 Å². The number of carbonyl (C=O) groups excluding carboxylic acids is 2. The lowest BCUT2D eigenvalue weighted by molar-refractivity contribution is -0.253. The van der Waals surface area contributed by atoms with E-state index in [2.05, 4.69) is 21.6 Å². The zero-order valence-corrected chi connectivity index (χ0v) is 30.1. The van der Waals surface area contributed by atoms with Crippen LogP contribution in [0, 0.1) is 0 Å². The van der Waals surface area contributed by atoms with Crippen molar-refractivity contribution in [1.82, 2.24) is 15.5 Å². The van der Waals surface area contributed by atoms with E-state index in [1.165, 1.54) is 0 Å². The predicted molar refractivity (Wildman–Crippen MR) is 198 cm³/mol. The molecular weight excluding hydrogens is 682 g/mol. The molecule has 6 rings (SSSR count). The summed E-state index contributed by atoms with van der Waals surface area (Å²) >= 11 is 6.09. The number of rotatable bonds is 12. The fourth-order valence-electron chi connectivity index (χ4n) is 6.81. The van der Waals surface area contributed by atoms with E-state index >= 15 is 0 Å². The molecule has 11 heteroatoms. The number of nitrogens with one attached hydrogen (secondary N) is 2. The van der Waals surface area contributed by atoms with E-state index in [1.54, 1.807) is 6.92 Å². The summed E-state index contributed by atoms with van der Waals surface area (Å²) in [5.74, 6) is -0.489. The molecule has 2 aliphatic rings. The lowest BCUT2D eigenvalue weighted by atomic mass is 9.84. The summed E-state index contributed by atoms with van der Waals surface area (Å²) in [5, 5.41) is 27.0. The van der Waals surface area contributed by atoms with Gasteiger partial charge in [0.05, 0.1) is 31.0 Å². The molecular formula is C41H46ClN3O7. The number of nitrogens with zero attached hydrogens (tertiary/aromatic N) is 1. The number of aliphatic hydroxyl groups excluding tert-OH is 1. The molecule has 2 amide bonds. The van der Waals surface area contributed by atoms with E-state index < -0.39 is 23.9 Å². The number of aliphatic hydroxyl groups is 2. The zero-order chi connectivity index (χ0) is 36.5. The van der Waals surface area contributed by atoms with Crippen LogP contribution in [0.3, 0.4) is 0 Å². The van der Waals surface area contributed by atoms with Gasteiger partial charge in [0.1, 0.15) is 6.54 Å². The van der Waals surface area contributed by atoms with Crippen LogP contribution >= 0.6 is 11.6 Å². The van der Waals surface area contributed by atoms with E-state index in [1.807, 2.05) is 91.0 Å². The van der Waals surface area contributed by atoms with Crippen molar-refractivity contribution < 1.29 is 34.0 Å². The lowest BCUT2D eigenvalue weighted by Crippen LogP contribution is -2.46. The number of piperidine rings is 1. The number of hydrogen-bond acceptors (Lipinski definition) is 8. The second-order valence-electron chi connectivity index (χ2n) is 13.4. The Morgan fingerprint density at radius 2 is 1.60 bits per heavy atom. The number of hydrogen-bond donors (Lipinski definition) is 4. The average molecular weight is 728 g/mol. The standard InChI is InChI=1S/C41H46ClN3O7/c1-2-50-38(47)25-44-40(48)43-24-29-5-3-6-31(21-29)32-7-4-8-33(22-32)39-51-36(23-37(52-39)30-11-9-28(27-46)10-12-30)26-45-19-17-41(49,18-20-45)34-13-15-35(42)16-14-34/h3-16,21-22,36-37,39,46,49H,2,17-20,23-27H2,1H3,(H2,43,44,48). The third kappa shape index (κ3) is 9.77. The highest BCUT2D eigenvalue weighted by atomic mass is 35.5. The monoisotopic (exact) mass is 727 g/mol. The van der Waals surface area contributed by atoms with Gasteiger partial charge in [-0.05, 0) is 77.4 Å². The Kier molecular flexibility index (Phi) is 12.6. The Balaban J connectivity index is 1.14. The summed E-state index contributed by atoms with van der Waals surface area (Å²) in [7, 11) is 0. The first kappa shape index (κ1) is 37.5. The van der Waals surface area contributed by atoms with Crippen LogP contribution in [-0.2, 0) is 37.8 Å². The minimum atomic E-state index is -0.887. The average Bonchev–Trinajstić information content (AvgIpc) is 3.17. The maximum absolute atomic E-state index is 12.2. The van der Waals surface area contributed by atoms with Crippen LogP contribution in [-0.4, -0.2) is 66.0 Å². The predicted octanol–water partition coefficient (Wildman–Crippen LogP) is 6.39. The number of esters is 1. The van der Waals surface area contributed by atoms with Crippen LogP contribution in [0.25, 0.3) is 11.1 Å². The Labute approximate surface area is 309 Å². The van der Waals surface area contributed by atoms with Crippen molar-refractivity contribution in [2.45, 2.75) is 63.4 Å². The molecule has 0 saturated carbocycles. The van der Waals surface area contributed by atoms with Gasteiger partial charge in [-0.15, -0.1) is 0 Å². The Morgan fingerprint density at radius 1 is 0.885 bits per heavy atom. The molecule has 0 spiro atoms. The first-order chi connectivity index (χ1) is 25.2. The summed E-state index contributed by atoms with van der Waals surface area (Å²) in [6.07, 6.45) is 0.917. The number of carbonyl (C=O) groups is 2. The number of likely N-dealkylation sites (tertiary alicyclic amines) is 1. The van der Waals surface area contributed by atoms with E-state index in [4.69, 9.17) is 25.8 Å². The molecule has 4 aromatic rings. The van der Waals surface area contributed by atoms with Crippen LogP contribution in [0.15, 0.2) is 97.1 Å². The highest BCUT2D eigenvalue weighted by Gasteiger charge is 2.37. The second kappa shape index (κ2) is 17.5. The molecule has 2 fully saturated rings. The number of halogens is 1. The molecule has 3 atom stereocenters. The maximum atomic E-state index is 12.2. The van der Waals surface area contributed by atoms with E-state index in [-0.39, 0.29) is 38.5 Å². The fraction of sp³-hybridized carbons (Fsp3) is 0.366.